The van der Waals surface area contributed by atoms with E-state index in [1.165, 1.54) is 16.4 Å². The fourth-order valence-electron chi connectivity index (χ4n) is 3.26. The van der Waals surface area contributed by atoms with Gasteiger partial charge < -0.3 is 4.42 Å². The Morgan fingerprint density at radius 3 is 2.60 bits per heavy atom. The number of aromatic nitrogens is 2. The van der Waals surface area contributed by atoms with Crippen LogP contribution in [0.4, 0.5) is 6.01 Å². The molecule has 1 saturated heterocycles. The molecule has 1 amide bonds. The van der Waals surface area contributed by atoms with Gasteiger partial charge in [-0.2, -0.15) is 4.31 Å². The van der Waals surface area contributed by atoms with Gasteiger partial charge in [0, 0.05) is 28.9 Å². The number of halogens is 1. The lowest BCUT2D eigenvalue weighted by Crippen LogP contribution is -2.41. The molecular formula is C19H19ClN4O4S2. The molecule has 0 atom stereocenters. The Bertz CT molecular complexity index is 1110. The standard InChI is InChI=1S/C19H19ClN4O4S2/c20-14-3-5-16(6-4-14)30(26,27)24-9-7-13(8-10-24)18(25)21-19-23-22-17(28-19)12-15-2-1-11-29-15/h1-6,11,13H,7-10,12H2,(H,21,23,25). The van der Waals surface area contributed by atoms with Crippen molar-refractivity contribution >= 4 is 44.9 Å². The van der Waals surface area contributed by atoms with Crippen molar-refractivity contribution in [2.45, 2.75) is 24.2 Å². The van der Waals surface area contributed by atoms with E-state index in [1.807, 2.05) is 17.5 Å². The van der Waals surface area contributed by atoms with E-state index in [0.717, 1.165) is 4.88 Å². The Morgan fingerprint density at radius 1 is 1.20 bits per heavy atom. The van der Waals surface area contributed by atoms with Crippen molar-refractivity contribution in [3.63, 3.8) is 0 Å². The van der Waals surface area contributed by atoms with E-state index in [9.17, 15) is 13.2 Å². The summed E-state index contributed by atoms with van der Waals surface area (Å²) in [6.07, 6.45) is 1.34. The van der Waals surface area contributed by atoms with Gasteiger partial charge >= 0.3 is 6.01 Å². The Labute approximate surface area is 182 Å². The molecule has 3 heterocycles. The zero-order valence-electron chi connectivity index (χ0n) is 15.8. The van der Waals surface area contributed by atoms with Crippen LogP contribution in [0.1, 0.15) is 23.6 Å². The van der Waals surface area contributed by atoms with E-state index in [1.54, 1.807) is 23.5 Å². The number of rotatable bonds is 6. The summed E-state index contributed by atoms with van der Waals surface area (Å²) in [5, 5.41) is 12.9. The van der Waals surface area contributed by atoms with Gasteiger partial charge in [0.15, 0.2) is 0 Å². The molecule has 0 unspecified atom stereocenters. The number of anilines is 1. The minimum absolute atomic E-state index is 0.0581. The van der Waals surface area contributed by atoms with E-state index in [4.69, 9.17) is 16.0 Å². The molecule has 4 rings (SSSR count). The number of sulfonamides is 1. The maximum atomic E-state index is 12.7. The maximum absolute atomic E-state index is 12.7. The van der Waals surface area contributed by atoms with Crippen LogP contribution in [0, 0.1) is 5.92 Å². The number of amides is 1. The van der Waals surface area contributed by atoms with E-state index >= 15 is 0 Å². The molecule has 0 aliphatic carbocycles. The van der Waals surface area contributed by atoms with Crippen LogP contribution in [0.15, 0.2) is 51.1 Å². The number of hydrogen-bond acceptors (Lipinski definition) is 7. The number of nitrogens with zero attached hydrogens (tertiary/aromatic N) is 3. The maximum Gasteiger partial charge on any atom is 0.322 e. The summed E-state index contributed by atoms with van der Waals surface area (Å²) >= 11 is 7.42. The molecule has 11 heteroatoms. The van der Waals surface area contributed by atoms with Crippen molar-refractivity contribution in [3.05, 3.63) is 57.6 Å². The van der Waals surface area contributed by atoms with E-state index in [2.05, 4.69) is 15.5 Å². The topological polar surface area (TPSA) is 105 Å². The molecule has 3 aromatic rings. The second kappa shape index (κ2) is 8.84. The number of nitrogens with one attached hydrogen (secondary N) is 1. The Hall–Kier alpha value is -2.27. The van der Waals surface area contributed by atoms with Crippen molar-refractivity contribution in [2.24, 2.45) is 5.92 Å². The second-order valence-electron chi connectivity index (χ2n) is 6.88. The average molecular weight is 467 g/mol. The first-order valence-corrected chi connectivity index (χ1v) is 12.0. The van der Waals surface area contributed by atoms with Gasteiger partial charge in [-0.1, -0.05) is 22.8 Å². The summed E-state index contributed by atoms with van der Waals surface area (Å²) in [6, 6.07) is 10.0. The molecule has 8 nitrogen and oxygen atoms in total. The van der Waals surface area contributed by atoms with Gasteiger partial charge in [0.25, 0.3) is 0 Å². The third-order valence-corrected chi connectivity index (χ3v) is 7.92. The van der Waals surface area contributed by atoms with Gasteiger partial charge in [-0.3, -0.25) is 10.1 Å². The highest BCUT2D eigenvalue weighted by atomic mass is 35.5. The van der Waals surface area contributed by atoms with Gasteiger partial charge in [-0.05, 0) is 48.6 Å². The number of hydrogen-bond donors (Lipinski definition) is 1. The smallest absolute Gasteiger partial charge is 0.322 e. The zero-order valence-corrected chi connectivity index (χ0v) is 18.2. The lowest BCUT2D eigenvalue weighted by Gasteiger charge is -2.30. The predicted octanol–water partition coefficient (Wildman–Crippen LogP) is 3.41. The molecule has 0 radical (unpaired) electrons. The Balaban J connectivity index is 1.32. The molecule has 30 heavy (non-hydrogen) atoms. The summed E-state index contributed by atoms with van der Waals surface area (Å²) < 4.78 is 32.4. The molecule has 0 saturated carbocycles. The first kappa shape index (κ1) is 21.0. The van der Waals surface area contributed by atoms with Crippen LogP contribution in [0.5, 0.6) is 0 Å². The number of benzene rings is 1. The van der Waals surface area contributed by atoms with Crippen LogP contribution in [0.2, 0.25) is 5.02 Å². The summed E-state index contributed by atoms with van der Waals surface area (Å²) in [5.41, 5.74) is 0. The first-order valence-electron chi connectivity index (χ1n) is 9.33. The van der Waals surface area contributed by atoms with Crippen molar-refractivity contribution in [1.29, 1.82) is 0 Å². The summed E-state index contributed by atoms with van der Waals surface area (Å²) in [6.45, 7) is 0.521. The third-order valence-electron chi connectivity index (χ3n) is 4.88. The monoisotopic (exact) mass is 466 g/mol. The van der Waals surface area contributed by atoms with Crippen molar-refractivity contribution in [1.82, 2.24) is 14.5 Å². The van der Waals surface area contributed by atoms with Crippen molar-refractivity contribution in [3.8, 4) is 0 Å². The number of carbonyl (C=O) groups is 1. The van der Waals surface area contributed by atoms with Crippen LogP contribution in [0.3, 0.4) is 0 Å². The third kappa shape index (κ3) is 4.72. The van der Waals surface area contributed by atoms with Gasteiger partial charge in [0.1, 0.15) is 0 Å². The van der Waals surface area contributed by atoms with Gasteiger partial charge in [-0.25, -0.2) is 8.42 Å². The molecule has 1 aliphatic heterocycles. The fraction of sp³-hybridized carbons (Fsp3) is 0.316. The van der Waals surface area contributed by atoms with Crippen molar-refractivity contribution in [2.75, 3.05) is 18.4 Å². The van der Waals surface area contributed by atoms with Crippen LogP contribution in [-0.4, -0.2) is 41.9 Å². The molecular weight excluding hydrogens is 448 g/mol. The summed E-state index contributed by atoms with van der Waals surface area (Å²) in [4.78, 5) is 13.8. The quantitative estimate of drug-likeness (QED) is 0.596. The highest BCUT2D eigenvalue weighted by molar-refractivity contribution is 7.89. The SMILES string of the molecule is O=C(Nc1nnc(Cc2cccs2)o1)C1CCN(S(=O)(=O)c2ccc(Cl)cc2)CC1. The zero-order chi connectivity index (χ0) is 21.1. The second-order valence-corrected chi connectivity index (χ2v) is 10.3. The molecule has 1 aliphatic rings. The number of carbonyl (C=O) groups excluding carboxylic acids is 1. The van der Waals surface area contributed by atoms with E-state index < -0.39 is 10.0 Å². The minimum Gasteiger partial charge on any atom is -0.407 e. The minimum atomic E-state index is -3.61. The van der Waals surface area contributed by atoms with E-state index in [-0.39, 0.29) is 35.8 Å². The molecule has 0 bridgehead atoms. The van der Waals surface area contributed by atoms with Gasteiger partial charge in [0.05, 0.1) is 11.3 Å². The average Bonchev–Trinajstić information content (AvgIpc) is 3.41. The fourth-order valence-corrected chi connectivity index (χ4v) is 5.55. The van der Waals surface area contributed by atoms with Crippen LogP contribution in [-0.2, 0) is 21.2 Å². The van der Waals surface area contributed by atoms with Crippen molar-refractivity contribution < 1.29 is 17.6 Å². The first-order chi connectivity index (χ1) is 14.4. The number of piperidine rings is 1. The van der Waals surface area contributed by atoms with Gasteiger partial charge in [0.2, 0.25) is 21.8 Å². The normalized spacial score (nSPS) is 15.9. The lowest BCUT2D eigenvalue weighted by atomic mass is 9.97. The predicted molar refractivity (Wildman–Crippen MR) is 113 cm³/mol. The largest absolute Gasteiger partial charge is 0.407 e. The molecule has 1 N–H and O–H groups in total. The van der Waals surface area contributed by atoms with Crippen LogP contribution < -0.4 is 5.32 Å². The Kier molecular flexibility index (Phi) is 6.19. The van der Waals surface area contributed by atoms with Gasteiger partial charge in [-0.15, -0.1) is 16.4 Å². The Morgan fingerprint density at radius 2 is 1.93 bits per heavy atom. The molecule has 158 valence electrons. The highest BCUT2D eigenvalue weighted by Crippen LogP contribution is 2.25. The summed E-state index contributed by atoms with van der Waals surface area (Å²) in [7, 11) is -3.61. The van der Waals surface area contributed by atoms with Crippen LogP contribution in [0.25, 0.3) is 0 Å². The van der Waals surface area contributed by atoms with E-state index in [0.29, 0.717) is 30.2 Å². The molecule has 2 aromatic heterocycles. The highest BCUT2D eigenvalue weighted by Gasteiger charge is 2.32. The molecule has 0 spiro atoms. The lowest BCUT2D eigenvalue weighted by molar-refractivity contribution is -0.121. The van der Waals surface area contributed by atoms with Crippen LogP contribution >= 0.6 is 22.9 Å². The summed E-state index contributed by atoms with van der Waals surface area (Å²) in [5.74, 6) is -0.143. The number of thiophene rings is 1. The molecule has 1 aromatic carbocycles. The molecule has 1 fully saturated rings.